The van der Waals surface area contributed by atoms with Gasteiger partial charge < -0.3 is 14.8 Å². The van der Waals surface area contributed by atoms with Gasteiger partial charge in [0.05, 0.1) is 11.8 Å². The first-order valence-electron chi connectivity index (χ1n) is 9.71. The third-order valence-electron chi connectivity index (χ3n) is 4.92. The summed E-state index contributed by atoms with van der Waals surface area (Å²) in [6, 6.07) is 17.2. The number of oxazole rings is 1. The molecule has 0 aliphatic heterocycles. The molecule has 3 aromatic heterocycles. The summed E-state index contributed by atoms with van der Waals surface area (Å²) < 4.78 is 20.6. The number of aliphatic hydroxyl groups is 1. The number of hydrogen-bond donors (Lipinski definition) is 2. The number of anilines is 1. The number of aromatic nitrogens is 4. The summed E-state index contributed by atoms with van der Waals surface area (Å²) in [6.07, 6.45) is 4.22. The van der Waals surface area contributed by atoms with Gasteiger partial charge in [0, 0.05) is 24.5 Å². The molecule has 0 saturated heterocycles. The van der Waals surface area contributed by atoms with Gasteiger partial charge in [-0.1, -0.05) is 30.3 Å². The number of rotatable bonds is 6. The van der Waals surface area contributed by atoms with E-state index >= 15 is 0 Å². The predicted molar refractivity (Wildman–Crippen MR) is 114 cm³/mol. The van der Waals surface area contributed by atoms with Gasteiger partial charge in [-0.2, -0.15) is 4.98 Å². The molecular formula is C23H18FN5O2. The summed E-state index contributed by atoms with van der Waals surface area (Å²) in [5.41, 5.74) is 3.47. The average molecular weight is 415 g/mol. The molecular weight excluding hydrogens is 397 g/mol. The Morgan fingerprint density at radius 3 is 2.65 bits per heavy atom. The van der Waals surface area contributed by atoms with Gasteiger partial charge in [-0.25, -0.2) is 14.4 Å². The molecule has 2 aromatic carbocycles. The lowest BCUT2D eigenvalue weighted by atomic mass is 10.1. The first-order valence-corrected chi connectivity index (χ1v) is 9.71. The summed E-state index contributed by atoms with van der Waals surface area (Å²) >= 11 is 0. The first kappa shape index (κ1) is 19.0. The van der Waals surface area contributed by atoms with Crippen LogP contribution in [0.4, 0.5) is 10.3 Å². The van der Waals surface area contributed by atoms with Crippen molar-refractivity contribution >= 4 is 11.8 Å². The fraction of sp³-hybridized carbons (Fsp3) is 0.0870. The highest BCUT2D eigenvalue weighted by Crippen LogP contribution is 2.32. The quantitative estimate of drug-likeness (QED) is 0.429. The summed E-state index contributed by atoms with van der Waals surface area (Å²) in [6.45, 7) is 0.256. The van der Waals surface area contributed by atoms with Gasteiger partial charge in [0.1, 0.15) is 23.5 Å². The third kappa shape index (κ3) is 3.76. The minimum absolute atomic E-state index is 0.256. The van der Waals surface area contributed by atoms with Gasteiger partial charge >= 0.3 is 5.84 Å². The van der Waals surface area contributed by atoms with Crippen LogP contribution in [-0.4, -0.2) is 31.0 Å². The maximum absolute atomic E-state index is 13.4. The van der Waals surface area contributed by atoms with Crippen LogP contribution < -0.4 is 5.32 Å². The van der Waals surface area contributed by atoms with Crippen molar-refractivity contribution in [3.63, 3.8) is 0 Å². The smallest absolute Gasteiger partial charge is 0.306 e. The zero-order valence-corrected chi connectivity index (χ0v) is 16.3. The molecule has 0 amide bonds. The Kier molecular flexibility index (Phi) is 4.89. The molecule has 1 atom stereocenters. The summed E-state index contributed by atoms with van der Waals surface area (Å²) in [4.78, 5) is 13.4. The average Bonchev–Trinajstić information content (AvgIpc) is 3.40. The van der Waals surface area contributed by atoms with E-state index in [1.807, 2.05) is 30.3 Å². The molecule has 0 aliphatic rings. The molecule has 0 radical (unpaired) electrons. The van der Waals surface area contributed by atoms with Crippen molar-refractivity contribution in [3.8, 4) is 22.6 Å². The number of hydrogen-bond acceptors (Lipinski definition) is 6. The first-order chi connectivity index (χ1) is 15.2. The highest BCUT2D eigenvalue weighted by molar-refractivity contribution is 5.79. The largest absolute Gasteiger partial charge is 0.432 e. The molecule has 0 aliphatic carbocycles. The lowest BCUT2D eigenvalue weighted by Crippen LogP contribution is -2.14. The van der Waals surface area contributed by atoms with Crippen LogP contribution in [0.3, 0.4) is 0 Å². The second kappa shape index (κ2) is 8.00. The Morgan fingerprint density at radius 2 is 1.84 bits per heavy atom. The lowest BCUT2D eigenvalue weighted by Gasteiger charge is -2.12. The molecule has 0 spiro atoms. The van der Waals surface area contributed by atoms with Crippen LogP contribution in [0.15, 0.2) is 83.7 Å². The zero-order chi connectivity index (χ0) is 21.2. The standard InChI is InChI=1S/C23H18FN5O2/c24-17-8-6-16(7-9-17)20-21(29-12-13-31-23(29)28-20)18-10-11-25-22(27-18)26-14-19(30)15-4-2-1-3-5-15/h1-13,19,30H,14H2,(H,25,26,27). The van der Waals surface area contributed by atoms with E-state index in [2.05, 4.69) is 20.3 Å². The summed E-state index contributed by atoms with van der Waals surface area (Å²) in [7, 11) is 0. The van der Waals surface area contributed by atoms with Crippen molar-refractivity contribution in [1.29, 1.82) is 0 Å². The Bertz CT molecular complexity index is 1320. The van der Waals surface area contributed by atoms with Gasteiger partial charge in [0.2, 0.25) is 5.95 Å². The van der Waals surface area contributed by atoms with Crippen LogP contribution in [0, 0.1) is 5.82 Å². The van der Waals surface area contributed by atoms with Crippen molar-refractivity contribution in [2.45, 2.75) is 6.10 Å². The molecule has 5 aromatic rings. The molecule has 154 valence electrons. The van der Waals surface area contributed by atoms with E-state index in [4.69, 9.17) is 4.42 Å². The van der Waals surface area contributed by atoms with Crippen molar-refractivity contribution < 1.29 is 13.9 Å². The van der Waals surface area contributed by atoms with E-state index in [-0.39, 0.29) is 12.4 Å². The molecule has 7 nitrogen and oxygen atoms in total. The second-order valence-electron chi connectivity index (χ2n) is 6.94. The van der Waals surface area contributed by atoms with Crippen LogP contribution >= 0.6 is 0 Å². The SMILES string of the molecule is OC(CNc1nccc(-c2c(-c3ccc(F)cc3)nc3occn23)n1)c1ccccc1. The summed E-state index contributed by atoms with van der Waals surface area (Å²) in [5.74, 6) is 0.455. The molecule has 8 heteroatoms. The molecule has 0 saturated carbocycles. The number of halogens is 1. The highest BCUT2D eigenvalue weighted by Gasteiger charge is 2.19. The maximum Gasteiger partial charge on any atom is 0.306 e. The predicted octanol–water partition coefficient (Wildman–Crippen LogP) is 4.34. The van der Waals surface area contributed by atoms with E-state index in [1.54, 1.807) is 35.0 Å². The van der Waals surface area contributed by atoms with Crippen molar-refractivity contribution in [2.24, 2.45) is 0 Å². The van der Waals surface area contributed by atoms with Gasteiger partial charge in [-0.3, -0.25) is 4.40 Å². The third-order valence-corrected chi connectivity index (χ3v) is 4.92. The van der Waals surface area contributed by atoms with Crippen molar-refractivity contribution in [2.75, 3.05) is 11.9 Å². The van der Waals surface area contributed by atoms with E-state index in [1.165, 1.54) is 18.4 Å². The Morgan fingerprint density at radius 1 is 1.03 bits per heavy atom. The fourth-order valence-corrected chi connectivity index (χ4v) is 3.40. The van der Waals surface area contributed by atoms with Crippen LogP contribution in [0.5, 0.6) is 0 Å². The minimum Gasteiger partial charge on any atom is -0.432 e. The summed E-state index contributed by atoms with van der Waals surface area (Å²) in [5, 5.41) is 13.5. The van der Waals surface area contributed by atoms with Crippen molar-refractivity contribution in [3.05, 3.63) is 90.7 Å². The van der Waals surface area contributed by atoms with Gasteiger partial charge in [-0.15, -0.1) is 0 Å². The topological polar surface area (TPSA) is 88.5 Å². The zero-order valence-electron chi connectivity index (χ0n) is 16.3. The Labute approximate surface area is 176 Å². The van der Waals surface area contributed by atoms with Crippen LogP contribution in [0.1, 0.15) is 11.7 Å². The van der Waals surface area contributed by atoms with Crippen LogP contribution in [0.2, 0.25) is 0 Å². The normalized spacial score (nSPS) is 12.2. The van der Waals surface area contributed by atoms with Crippen LogP contribution in [0.25, 0.3) is 28.5 Å². The fourth-order valence-electron chi connectivity index (χ4n) is 3.40. The molecule has 3 heterocycles. The van der Waals surface area contributed by atoms with Gasteiger partial charge in [0.25, 0.3) is 0 Å². The van der Waals surface area contributed by atoms with Crippen LogP contribution in [-0.2, 0) is 0 Å². The number of nitrogens with one attached hydrogen (secondary N) is 1. The Balaban J connectivity index is 1.47. The number of benzene rings is 2. The highest BCUT2D eigenvalue weighted by atomic mass is 19.1. The van der Waals surface area contributed by atoms with Gasteiger partial charge in [0.15, 0.2) is 0 Å². The van der Waals surface area contributed by atoms with E-state index in [0.717, 1.165) is 11.1 Å². The number of nitrogens with zero attached hydrogens (tertiary/aromatic N) is 4. The van der Waals surface area contributed by atoms with E-state index in [9.17, 15) is 9.50 Å². The molecule has 1 unspecified atom stereocenters. The molecule has 31 heavy (non-hydrogen) atoms. The molecule has 0 fully saturated rings. The number of imidazole rings is 1. The molecule has 5 rings (SSSR count). The molecule has 0 bridgehead atoms. The van der Waals surface area contributed by atoms with Gasteiger partial charge in [-0.05, 0) is 35.9 Å². The lowest BCUT2D eigenvalue weighted by molar-refractivity contribution is 0.191. The second-order valence-corrected chi connectivity index (χ2v) is 6.94. The number of fused-ring (bicyclic) bond motifs is 1. The number of aliphatic hydroxyl groups excluding tert-OH is 1. The van der Waals surface area contributed by atoms with E-state index in [0.29, 0.717) is 28.9 Å². The Hall–Kier alpha value is -4.04. The maximum atomic E-state index is 13.4. The monoisotopic (exact) mass is 415 g/mol. The minimum atomic E-state index is -0.696. The van der Waals surface area contributed by atoms with Crippen molar-refractivity contribution in [1.82, 2.24) is 19.4 Å². The molecule has 2 N–H and O–H groups in total. The van der Waals surface area contributed by atoms with E-state index < -0.39 is 6.10 Å².